The van der Waals surface area contributed by atoms with Crippen molar-refractivity contribution in [2.45, 2.75) is 97.7 Å². The number of fused-ring (bicyclic) bond motifs is 1. The number of hydrogen-bond acceptors (Lipinski definition) is 11. The lowest BCUT2D eigenvalue weighted by atomic mass is 9.92. The van der Waals surface area contributed by atoms with Gasteiger partial charge in [-0.3, -0.25) is 4.79 Å². The molecular formula is C29H41N3O9. The zero-order chi connectivity index (χ0) is 30.2. The van der Waals surface area contributed by atoms with Gasteiger partial charge in [0.25, 0.3) is 0 Å². The summed E-state index contributed by atoms with van der Waals surface area (Å²) in [5.41, 5.74) is -0.653. The minimum Gasteiger partial charge on any atom is -0.466 e. The van der Waals surface area contributed by atoms with E-state index < -0.39 is 23.4 Å². The van der Waals surface area contributed by atoms with Crippen LogP contribution in [0.15, 0.2) is 22.7 Å². The summed E-state index contributed by atoms with van der Waals surface area (Å²) in [5.74, 6) is 1.55. The number of nitrogens with zero attached hydrogens (tertiary/aromatic N) is 3. The Morgan fingerprint density at radius 1 is 0.976 bits per heavy atom. The van der Waals surface area contributed by atoms with Gasteiger partial charge in [-0.15, -0.1) is 0 Å². The molecule has 12 nitrogen and oxygen atoms in total. The van der Waals surface area contributed by atoms with Crippen LogP contribution in [0.25, 0.3) is 0 Å². The van der Waals surface area contributed by atoms with Crippen molar-refractivity contribution in [2.24, 2.45) is 0 Å². The van der Waals surface area contributed by atoms with E-state index in [1.165, 1.54) is 0 Å². The van der Waals surface area contributed by atoms with Crippen molar-refractivity contribution in [1.29, 1.82) is 0 Å². The number of amides is 2. The lowest BCUT2D eigenvalue weighted by Crippen LogP contribution is -2.44. The third kappa shape index (κ3) is 10.3. The zero-order valence-corrected chi connectivity index (χ0v) is 25.0. The molecule has 0 bridgehead atoms. The van der Waals surface area contributed by atoms with Gasteiger partial charge < -0.3 is 28.2 Å². The first kappa shape index (κ1) is 31.7. The molecule has 1 aromatic carbocycles. The van der Waals surface area contributed by atoms with E-state index >= 15 is 0 Å². The van der Waals surface area contributed by atoms with Gasteiger partial charge in [-0.05, 0) is 79.0 Å². The molecule has 1 atom stereocenters. The molecule has 1 aliphatic heterocycles. The zero-order valence-electron chi connectivity index (χ0n) is 25.0. The molecule has 226 valence electrons. The van der Waals surface area contributed by atoms with Crippen molar-refractivity contribution in [3.05, 3.63) is 35.5 Å². The molecule has 0 aliphatic carbocycles. The number of unbranched alkanes of at least 4 members (excludes halogenated alkanes) is 1. The predicted molar refractivity (Wildman–Crippen MR) is 147 cm³/mol. The van der Waals surface area contributed by atoms with Crippen molar-refractivity contribution in [3.63, 3.8) is 0 Å². The van der Waals surface area contributed by atoms with E-state index in [-0.39, 0.29) is 38.3 Å². The molecule has 1 aliphatic rings. The molecule has 2 aromatic rings. The maximum Gasteiger partial charge on any atom is 0.419 e. The molecule has 0 fully saturated rings. The predicted octanol–water partition coefficient (Wildman–Crippen LogP) is 5.57. The number of rotatable bonds is 11. The number of imide groups is 1. The summed E-state index contributed by atoms with van der Waals surface area (Å²) < 4.78 is 32.3. The summed E-state index contributed by atoms with van der Waals surface area (Å²) in [6.07, 6.45) is 0.467. The average molecular weight is 576 g/mol. The minimum atomic E-state index is -0.760. The van der Waals surface area contributed by atoms with Gasteiger partial charge in [-0.25, -0.2) is 14.5 Å². The maximum atomic E-state index is 12.7. The van der Waals surface area contributed by atoms with Crippen LogP contribution in [0.1, 0.15) is 90.9 Å². The van der Waals surface area contributed by atoms with Crippen LogP contribution in [0.4, 0.5) is 9.59 Å². The smallest absolute Gasteiger partial charge is 0.419 e. The van der Waals surface area contributed by atoms with E-state index in [1.54, 1.807) is 48.5 Å². The van der Waals surface area contributed by atoms with Gasteiger partial charge in [0.05, 0.1) is 13.0 Å². The van der Waals surface area contributed by atoms with Crippen LogP contribution in [-0.4, -0.2) is 64.3 Å². The first-order chi connectivity index (χ1) is 19.2. The number of benzene rings is 1. The summed E-state index contributed by atoms with van der Waals surface area (Å²) in [4.78, 5) is 43.1. The quantitative estimate of drug-likeness (QED) is 0.189. The van der Waals surface area contributed by atoms with E-state index in [0.29, 0.717) is 48.9 Å². The molecule has 0 saturated heterocycles. The normalized spacial score (nSPS) is 13.4. The van der Waals surface area contributed by atoms with Crippen LogP contribution in [0.2, 0.25) is 0 Å². The van der Waals surface area contributed by atoms with Crippen molar-refractivity contribution >= 4 is 18.2 Å². The van der Waals surface area contributed by atoms with Crippen LogP contribution >= 0.6 is 0 Å². The Morgan fingerprint density at radius 3 is 2.27 bits per heavy atom. The Balaban J connectivity index is 1.60. The summed E-state index contributed by atoms with van der Waals surface area (Å²) in [5, 5.41) is 4.08. The fraction of sp³-hybridized carbons (Fsp3) is 0.621. The second kappa shape index (κ2) is 13.7. The second-order valence-corrected chi connectivity index (χ2v) is 11.7. The molecule has 12 heteroatoms. The number of hydrogen-bond donors (Lipinski definition) is 0. The lowest BCUT2D eigenvalue weighted by molar-refractivity contribution is -0.143. The number of aryl methyl sites for hydroxylation is 1. The molecule has 1 aromatic heterocycles. The summed E-state index contributed by atoms with van der Waals surface area (Å²) in [7, 11) is 0. The fourth-order valence-corrected chi connectivity index (χ4v) is 4.03. The fourth-order valence-electron chi connectivity index (χ4n) is 4.03. The average Bonchev–Trinajstić information content (AvgIpc) is 3.50. The topological polar surface area (TPSA) is 140 Å². The molecule has 0 N–H and O–H groups in total. The maximum absolute atomic E-state index is 12.7. The highest BCUT2D eigenvalue weighted by atomic mass is 16.7. The SMILES string of the molecule is CCOC(=O)CC(Cc1nc(CCCCN(C(=O)OC(C)(C)C)C(=O)OC(C)(C)C)no1)c1ccc2c(c1)OCO2. The minimum absolute atomic E-state index is 0.111. The number of ether oxygens (including phenoxy) is 5. The monoisotopic (exact) mass is 575 g/mol. The van der Waals surface area contributed by atoms with Crippen molar-refractivity contribution in [1.82, 2.24) is 15.0 Å². The second-order valence-electron chi connectivity index (χ2n) is 11.7. The third-order valence-corrected chi connectivity index (χ3v) is 5.78. The van der Waals surface area contributed by atoms with E-state index in [9.17, 15) is 14.4 Å². The first-order valence-corrected chi connectivity index (χ1v) is 13.8. The molecule has 2 amide bonds. The molecule has 1 unspecified atom stereocenters. The summed E-state index contributed by atoms with van der Waals surface area (Å²) in [6.45, 7) is 12.7. The Morgan fingerprint density at radius 2 is 1.63 bits per heavy atom. The Kier molecular flexibility index (Phi) is 10.6. The summed E-state index contributed by atoms with van der Waals surface area (Å²) >= 11 is 0. The van der Waals surface area contributed by atoms with Crippen molar-refractivity contribution in [2.75, 3.05) is 19.9 Å². The molecule has 0 saturated carbocycles. The summed E-state index contributed by atoms with van der Waals surface area (Å²) in [6, 6.07) is 5.55. The van der Waals surface area contributed by atoms with Crippen LogP contribution in [0, 0.1) is 0 Å². The van der Waals surface area contributed by atoms with Gasteiger partial charge in [0.1, 0.15) is 11.2 Å². The van der Waals surface area contributed by atoms with Crippen LogP contribution in [-0.2, 0) is 31.8 Å². The highest BCUT2D eigenvalue weighted by molar-refractivity contribution is 5.88. The van der Waals surface area contributed by atoms with Crippen LogP contribution in [0.5, 0.6) is 11.5 Å². The Bertz CT molecular complexity index is 1170. The molecule has 0 spiro atoms. The third-order valence-electron chi connectivity index (χ3n) is 5.78. The van der Waals surface area contributed by atoms with Crippen LogP contribution < -0.4 is 9.47 Å². The van der Waals surface area contributed by atoms with Gasteiger partial charge in [0.2, 0.25) is 12.7 Å². The highest BCUT2D eigenvalue weighted by Crippen LogP contribution is 2.36. The number of esters is 1. The Hall–Kier alpha value is -3.83. The van der Waals surface area contributed by atoms with Gasteiger partial charge >= 0.3 is 18.2 Å². The molecule has 2 heterocycles. The molecule has 3 rings (SSSR count). The lowest BCUT2D eigenvalue weighted by Gasteiger charge is -2.28. The van der Waals surface area contributed by atoms with Gasteiger partial charge in [-0.1, -0.05) is 11.2 Å². The Labute approximate surface area is 240 Å². The van der Waals surface area contributed by atoms with Gasteiger partial charge in [0, 0.05) is 25.3 Å². The van der Waals surface area contributed by atoms with E-state index in [1.807, 2.05) is 18.2 Å². The van der Waals surface area contributed by atoms with Gasteiger partial charge in [-0.2, -0.15) is 4.98 Å². The standard InChI is InChI=1S/C29H41N3O9/c1-8-36-25(33)17-20(19-12-13-21-22(15-19)38-18-37-21)16-24-30-23(31-41-24)11-9-10-14-32(26(34)39-28(2,3)4)27(35)40-29(5,6)7/h12-13,15,20H,8-11,14,16-18H2,1-7H3. The van der Waals surface area contributed by atoms with Crippen molar-refractivity contribution < 1.29 is 42.6 Å². The number of carbonyl (C=O) groups is 3. The van der Waals surface area contributed by atoms with Gasteiger partial charge in [0.15, 0.2) is 17.3 Å². The molecule has 0 radical (unpaired) electrons. The van der Waals surface area contributed by atoms with E-state index in [4.69, 9.17) is 28.2 Å². The number of carbonyl (C=O) groups excluding carboxylic acids is 3. The largest absolute Gasteiger partial charge is 0.466 e. The van der Waals surface area contributed by atoms with E-state index in [2.05, 4.69) is 10.1 Å². The van der Waals surface area contributed by atoms with Crippen molar-refractivity contribution in [3.8, 4) is 11.5 Å². The molecule has 41 heavy (non-hydrogen) atoms. The molecular weight excluding hydrogens is 534 g/mol. The van der Waals surface area contributed by atoms with Crippen LogP contribution in [0.3, 0.4) is 0 Å². The van der Waals surface area contributed by atoms with E-state index in [0.717, 1.165) is 10.5 Å². The number of aromatic nitrogens is 2. The highest BCUT2D eigenvalue weighted by Gasteiger charge is 2.31. The first-order valence-electron chi connectivity index (χ1n) is 13.8.